The fourth-order valence-electron chi connectivity index (χ4n) is 2.14. The average molecular weight is 356 g/mol. The third-order valence-corrected chi connectivity index (χ3v) is 3.37. The van der Waals surface area contributed by atoms with Crippen molar-refractivity contribution in [3.05, 3.63) is 65.8 Å². The van der Waals surface area contributed by atoms with Crippen LogP contribution in [0.2, 0.25) is 0 Å². The minimum atomic E-state index is -0.382. The van der Waals surface area contributed by atoms with E-state index in [2.05, 4.69) is 10.1 Å². The molecule has 0 amide bonds. The maximum Gasteiger partial charge on any atom is 0.338 e. The Bertz CT molecular complexity index is 873. The average Bonchev–Trinajstić information content (AvgIpc) is 3.09. The predicted molar refractivity (Wildman–Crippen MR) is 91.0 cm³/mol. The van der Waals surface area contributed by atoms with Gasteiger partial charge in [0.25, 0.3) is 5.89 Å². The lowest BCUT2D eigenvalue weighted by Gasteiger charge is -2.08. The van der Waals surface area contributed by atoms with E-state index in [0.717, 1.165) is 0 Å². The summed E-state index contributed by atoms with van der Waals surface area (Å²) in [7, 11) is 0. The highest BCUT2D eigenvalue weighted by atomic mass is 19.1. The molecule has 0 N–H and O–H groups in total. The molecule has 0 aliphatic heterocycles. The third-order valence-electron chi connectivity index (χ3n) is 3.37. The number of nitrogens with zero attached hydrogens (tertiary/aromatic N) is 2. The van der Waals surface area contributed by atoms with Gasteiger partial charge in [-0.15, -0.1) is 0 Å². The SMILES string of the molecule is CC(C)OC(=O)c1ccc(OCc2nc(-c3ccc(F)cc3)no2)cc1. The van der Waals surface area contributed by atoms with Crippen LogP contribution >= 0.6 is 0 Å². The second kappa shape index (κ2) is 7.77. The van der Waals surface area contributed by atoms with Gasteiger partial charge in [0.1, 0.15) is 11.6 Å². The van der Waals surface area contributed by atoms with Crippen LogP contribution in [0.1, 0.15) is 30.1 Å². The number of halogens is 1. The monoisotopic (exact) mass is 356 g/mol. The van der Waals surface area contributed by atoms with E-state index in [9.17, 15) is 9.18 Å². The molecule has 7 heteroatoms. The molecule has 0 saturated carbocycles. The van der Waals surface area contributed by atoms with Crippen LogP contribution < -0.4 is 4.74 Å². The Morgan fingerprint density at radius 1 is 1.12 bits per heavy atom. The summed E-state index contributed by atoms with van der Waals surface area (Å²) in [5.74, 6) is 0.476. The minimum Gasteiger partial charge on any atom is -0.484 e. The molecule has 26 heavy (non-hydrogen) atoms. The van der Waals surface area contributed by atoms with Gasteiger partial charge in [-0.3, -0.25) is 0 Å². The zero-order valence-corrected chi connectivity index (χ0v) is 14.3. The molecule has 3 aromatic rings. The molecule has 0 saturated heterocycles. The Labute approximate surface area is 149 Å². The molecule has 3 rings (SSSR count). The molecule has 0 radical (unpaired) electrons. The van der Waals surface area contributed by atoms with Crippen LogP contribution in [0, 0.1) is 5.82 Å². The van der Waals surface area contributed by atoms with Crippen molar-refractivity contribution in [2.75, 3.05) is 0 Å². The van der Waals surface area contributed by atoms with Crippen molar-refractivity contribution in [3.8, 4) is 17.1 Å². The molecule has 6 nitrogen and oxygen atoms in total. The van der Waals surface area contributed by atoms with Crippen LogP contribution in [0.25, 0.3) is 11.4 Å². The molecule has 0 unspecified atom stereocenters. The lowest BCUT2D eigenvalue weighted by molar-refractivity contribution is 0.0378. The number of aromatic nitrogens is 2. The van der Waals surface area contributed by atoms with Crippen LogP contribution in [0.3, 0.4) is 0 Å². The molecule has 0 fully saturated rings. The summed E-state index contributed by atoms with van der Waals surface area (Å²) in [5.41, 5.74) is 1.09. The predicted octanol–water partition coefficient (Wildman–Crippen LogP) is 4.02. The molecule has 1 heterocycles. The van der Waals surface area contributed by atoms with Gasteiger partial charge in [0.05, 0.1) is 11.7 Å². The van der Waals surface area contributed by atoms with Crippen molar-refractivity contribution < 1.29 is 23.2 Å². The lowest BCUT2D eigenvalue weighted by Crippen LogP contribution is -2.11. The van der Waals surface area contributed by atoms with Gasteiger partial charge in [-0.05, 0) is 62.4 Å². The van der Waals surface area contributed by atoms with Gasteiger partial charge in [-0.1, -0.05) is 5.16 Å². The number of benzene rings is 2. The summed E-state index contributed by atoms with van der Waals surface area (Å²) in [4.78, 5) is 16.0. The molecule has 0 aliphatic carbocycles. The molecule has 2 aromatic carbocycles. The number of ether oxygens (including phenoxy) is 2. The van der Waals surface area contributed by atoms with E-state index in [-0.39, 0.29) is 30.4 Å². The number of hydrogen-bond acceptors (Lipinski definition) is 6. The van der Waals surface area contributed by atoms with E-state index in [1.165, 1.54) is 12.1 Å². The molecule has 0 aliphatic rings. The highest BCUT2D eigenvalue weighted by Gasteiger charge is 2.11. The van der Waals surface area contributed by atoms with E-state index in [1.54, 1.807) is 50.2 Å². The van der Waals surface area contributed by atoms with Gasteiger partial charge in [0.15, 0.2) is 6.61 Å². The van der Waals surface area contributed by atoms with Gasteiger partial charge in [-0.2, -0.15) is 4.98 Å². The fourth-order valence-corrected chi connectivity index (χ4v) is 2.14. The summed E-state index contributed by atoms with van der Waals surface area (Å²) in [6.07, 6.45) is -0.175. The van der Waals surface area contributed by atoms with Gasteiger partial charge in [0, 0.05) is 5.56 Å². The van der Waals surface area contributed by atoms with E-state index < -0.39 is 0 Å². The number of rotatable bonds is 6. The number of carbonyl (C=O) groups is 1. The zero-order chi connectivity index (χ0) is 18.5. The molecular formula is C19H17FN2O4. The quantitative estimate of drug-likeness (QED) is 0.621. The Hall–Kier alpha value is -3.22. The van der Waals surface area contributed by atoms with Gasteiger partial charge in [0.2, 0.25) is 5.82 Å². The topological polar surface area (TPSA) is 74.5 Å². The first-order valence-corrected chi connectivity index (χ1v) is 8.03. The Morgan fingerprint density at radius 2 is 1.81 bits per heavy atom. The number of hydrogen-bond donors (Lipinski definition) is 0. The van der Waals surface area contributed by atoms with Crippen molar-refractivity contribution in [3.63, 3.8) is 0 Å². The first kappa shape index (κ1) is 17.6. The maximum absolute atomic E-state index is 12.9. The van der Waals surface area contributed by atoms with Crippen molar-refractivity contribution >= 4 is 5.97 Å². The lowest BCUT2D eigenvalue weighted by atomic mass is 10.2. The smallest absolute Gasteiger partial charge is 0.338 e. The van der Waals surface area contributed by atoms with Crippen molar-refractivity contribution in [1.29, 1.82) is 0 Å². The number of carbonyl (C=O) groups excluding carboxylic acids is 1. The zero-order valence-electron chi connectivity index (χ0n) is 14.3. The van der Waals surface area contributed by atoms with Crippen LogP contribution in [0.15, 0.2) is 53.1 Å². The molecule has 0 bridgehead atoms. The molecular weight excluding hydrogens is 339 g/mol. The first-order chi connectivity index (χ1) is 12.5. The second-order valence-corrected chi connectivity index (χ2v) is 5.79. The Balaban J connectivity index is 1.59. The number of esters is 1. The maximum atomic E-state index is 12.9. The van der Waals surface area contributed by atoms with Crippen LogP contribution in [0.4, 0.5) is 4.39 Å². The Kier molecular flexibility index (Phi) is 5.26. The summed E-state index contributed by atoms with van der Waals surface area (Å²) in [5, 5.41) is 3.84. The van der Waals surface area contributed by atoms with Gasteiger partial charge >= 0.3 is 5.97 Å². The molecule has 1 aromatic heterocycles. The van der Waals surface area contributed by atoms with Crippen molar-refractivity contribution in [2.45, 2.75) is 26.6 Å². The minimum absolute atomic E-state index is 0.0734. The van der Waals surface area contributed by atoms with Crippen LogP contribution in [0.5, 0.6) is 5.75 Å². The second-order valence-electron chi connectivity index (χ2n) is 5.79. The largest absolute Gasteiger partial charge is 0.484 e. The van der Waals surface area contributed by atoms with Crippen molar-refractivity contribution in [2.24, 2.45) is 0 Å². The molecule has 134 valence electrons. The summed E-state index contributed by atoms with van der Waals surface area (Å²) in [6.45, 7) is 3.66. The standard InChI is InChI=1S/C19H17FN2O4/c1-12(2)25-19(23)14-5-9-16(10-6-14)24-11-17-21-18(22-26-17)13-3-7-15(20)8-4-13/h3-10,12H,11H2,1-2H3. The van der Waals surface area contributed by atoms with E-state index in [0.29, 0.717) is 22.7 Å². The Morgan fingerprint density at radius 3 is 2.46 bits per heavy atom. The van der Waals surface area contributed by atoms with Gasteiger partial charge < -0.3 is 14.0 Å². The van der Waals surface area contributed by atoms with Crippen LogP contribution in [-0.2, 0) is 11.3 Å². The van der Waals surface area contributed by atoms with E-state index >= 15 is 0 Å². The fraction of sp³-hybridized carbons (Fsp3) is 0.211. The first-order valence-electron chi connectivity index (χ1n) is 8.03. The molecule has 0 spiro atoms. The molecule has 0 atom stereocenters. The van der Waals surface area contributed by atoms with E-state index in [1.807, 2.05) is 0 Å². The summed E-state index contributed by atoms with van der Waals surface area (Å²) < 4.78 is 28.8. The summed E-state index contributed by atoms with van der Waals surface area (Å²) in [6, 6.07) is 12.4. The van der Waals surface area contributed by atoms with Crippen molar-refractivity contribution in [1.82, 2.24) is 10.1 Å². The van der Waals surface area contributed by atoms with Gasteiger partial charge in [-0.25, -0.2) is 9.18 Å². The normalized spacial score (nSPS) is 10.8. The highest BCUT2D eigenvalue weighted by molar-refractivity contribution is 5.89. The third kappa shape index (κ3) is 4.44. The highest BCUT2D eigenvalue weighted by Crippen LogP contribution is 2.18. The van der Waals surface area contributed by atoms with E-state index in [4.69, 9.17) is 14.0 Å². The summed E-state index contributed by atoms with van der Waals surface area (Å²) >= 11 is 0. The van der Waals surface area contributed by atoms with Crippen LogP contribution in [-0.4, -0.2) is 22.2 Å².